The molecule has 0 unspecified atom stereocenters. The van der Waals surface area contributed by atoms with Crippen LogP contribution in [0.25, 0.3) is 0 Å². The van der Waals surface area contributed by atoms with Gasteiger partial charge in [0.05, 0.1) is 16.3 Å². The molecule has 0 aromatic heterocycles. The van der Waals surface area contributed by atoms with Crippen molar-refractivity contribution in [2.24, 2.45) is 11.8 Å². The smallest absolute Gasteiger partial charge is 0.307 e. The quantitative estimate of drug-likeness (QED) is 0.865. The van der Waals surface area contributed by atoms with Crippen LogP contribution in [-0.2, 0) is 9.59 Å². The number of rotatable bonds is 3. The Kier molecular flexibility index (Phi) is 4.98. The van der Waals surface area contributed by atoms with E-state index < -0.39 is 23.6 Å². The molecule has 4 nitrogen and oxygen atoms in total. The number of halogens is 2. The van der Waals surface area contributed by atoms with Gasteiger partial charge in [-0.05, 0) is 53.4 Å². The van der Waals surface area contributed by atoms with Crippen molar-refractivity contribution in [3.05, 3.63) is 28.0 Å². The van der Waals surface area contributed by atoms with E-state index in [1.165, 1.54) is 6.07 Å². The predicted octanol–water partition coefficient (Wildman–Crippen LogP) is 3.73. The Balaban J connectivity index is 2.17. The molecule has 1 aromatic rings. The summed E-state index contributed by atoms with van der Waals surface area (Å²) in [5, 5.41) is 11.9. The largest absolute Gasteiger partial charge is 0.481 e. The lowest BCUT2D eigenvalue weighted by Crippen LogP contribution is -2.36. The van der Waals surface area contributed by atoms with E-state index in [4.69, 9.17) is 0 Å². The number of carbonyl (C=O) groups is 2. The van der Waals surface area contributed by atoms with Gasteiger partial charge in [0.2, 0.25) is 5.91 Å². The van der Waals surface area contributed by atoms with Gasteiger partial charge in [0.15, 0.2) is 0 Å². The number of hydrogen-bond donors (Lipinski definition) is 2. The lowest BCUT2D eigenvalue weighted by molar-refractivity contribution is -0.147. The number of nitrogens with one attached hydrogen (secondary N) is 1. The number of carboxylic acids is 1. The minimum absolute atomic E-state index is 0.332. The summed E-state index contributed by atoms with van der Waals surface area (Å²) in [5.74, 6) is -2.95. The molecule has 1 aliphatic rings. The Morgan fingerprint density at radius 1 is 1.29 bits per heavy atom. The number of anilines is 1. The number of carboxylic acid groups (broad SMARTS) is 1. The van der Waals surface area contributed by atoms with Crippen molar-refractivity contribution in [3.63, 3.8) is 0 Å². The second kappa shape index (κ2) is 6.56. The van der Waals surface area contributed by atoms with Crippen LogP contribution in [0.15, 0.2) is 16.6 Å². The van der Waals surface area contributed by atoms with Gasteiger partial charge < -0.3 is 10.4 Å². The van der Waals surface area contributed by atoms with E-state index in [0.29, 0.717) is 23.0 Å². The summed E-state index contributed by atoms with van der Waals surface area (Å²) >= 11 is 3.09. The molecule has 0 bridgehead atoms. The standard InChI is InChI=1S/C15H17BrFNO3/c1-8-6-11(16)12(17)7-13(8)18-14(19)9-4-2-3-5-10(9)15(20)21/h6-7,9-10H,2-5H2,1H3,(H,18,19)(H,20,21)/t9-,10+/m1/s1. The summed E-state index contributed by atoms with van der Waals surface area (Å²) in [5.41, 5.74) is 1.11. The Morgan fingerprint density at radius 2 is 1.90 bits per heavy atom. The fraction of sp³-hybridized carbons (Fsp3) is 0.467. The number of benzene rings is 1. The van der Waals surface area contributed by atoms with Crippen molar-refractivity contribution in [1.82, 2.24) is 0 Å². The highest BCUT2D eigenvalue weighted by atomic mass is 79.9. The molecule has 1 aromatic carbocycles. The van der Waals surface area contributed by atoms with Crippen molar-refractivity contribution in [3.8, 4) is 0 Å². The Hall–Kier alpha value is -1.43. The topological polar surface area (TPSA) is 66.4 Å². The first kappa shape index (κ1) is 15.9. The number of aliphatic carboxylic acids is 1. The van der Waals surface area contributed by atoms with Crippen LogP contribution in [0.3, 0.4) is 0 Å². The van der Waals surface area contributed by atoms with Crippen LogP contribution >= 0.6 is 15.9 Å². The fourth-order valence-electron chi connectivity index (χ4n) is 2.75. The van der Waals surface area contributed by atoms with Gasteiger partial charge >= 0.3 is 5.97 Å². The zero-order valence-electron chi connectivity index (χ0n) is 11.7. The van der Waals surface area contributed by atoms with Crippen LogP contribution in [0.1, 0.15) is 31.2 Å². The average molecular weight is 358 g/mol. The maximum absolute atomic E-state index is 13.6. The third-order valence-corrected chi connectivity index (χ3v) is 4.55. The van der Waals surface area contributed by atoms with Crippen molar-refractivity contribution < 1.29 is 19.1 Å². The molecule has 1 fully saturated rings. The van der Waals surface area contributed by atoms with Gasteiger partial charge in [-0.3, -0.25) is 9.59 Å². The fourth-order valence-corrected chi connectivity index (χ4v) is 3.20. The molecule has 0 spiro atoms. The third-order valence-electron chi connectivity index (χ3n) is 3.95. The zero-order chi connectivity index (χ0) is 15.6. The van der Waals surface area contributed by atoms with E-state index in [1.54, 1.807) is 13.0 Å². The molecule has 0 aliphatic heterocycles. The average Bonchev–Trinajstić information content (AvgIpc) is 2.44. The third kappa shape index (κ3) is 3.61. The van der Waals surface area contributed by atoms with Gasteiger partial charge in [0.25, 0.3) is 0 Å². The molecule has 2 N–H and O–H groups in total. The summed E-state index contributed by atoms with van der Waals surface area (Å²) < 4.78 is 13.9. The van der Waals surface area contributed by atoms with Crippen molar-refractivity contribution >= 4 is 33.5 Å². The molecule has 0 heterocycles. The van der Waals surface area contributed by atoms with Crippen LogP contribution in [-0.4, -0.2) is 17.0 Å². The van der Waals surface area contributed by atoms with E-state index in [1.807, 2.05) is 0 Å². The van der Waals surface area contributed by atoms with E-state index >= 15 is 0 Å². The highest BCUT2D eigenvalue weighted by Crippen LogP contribution is 2.32. The summed E-state index contributed by atoms with van der Waals surface area (Å²) in [7, 11) is 0. The van der Waals surface area contributed by atoms with Crippen LogP contribution in [0.2, 0.25) is 0 Å². The van der Waals surface area contributed by atoms with Crippen molar-refractivity contribution in [2.75, 3.05) is 5.32 Å². The van der Waals surface area contributed by atoms with E-state index in [0.717, 1.165) is 18.4 Å². The molecule has 0 radical (unpaired) electrons. The van der Waals surface area contributed by atoms with Crippen LogP contribution in [0, 0.1) is 24.6 Å². The molecule has 1 aliphatic carbocycles. The molecule has 2 atom stereocenters. The SMILES string of the molecule is Cc1cc(Br)c(F)cc1NC(=O)[C@@H]1CCCC[C@@H]1C(=O)O. The molecular formula is C15H17BrFNO3. The number of carbonyl (C=O) groups excluding carboxylic acids is 1. The van der Waals surface area contributed by atoms with Crippen LogP contribution < -0.4 is 5.32 Å². The number of amides is 1. The Morgan fingerprint density at radius 3 is 2.52 bits per heavy atom. The van der Waals surface area contributed by atoms with Gasteiger partial charge in [-0.15, -0.1) is 0 Å². The van der Waals surface area contributed by atoms with Crippen LogP contribution in [0.4, 0.5) is 10.1 Å². The Labute approximate surface area is 130 Å². The number of aryl methyl sites for hydroxylation is 1. The summed E-state index contributed by atoms with van der Waals surface area (Å²) in [6.45, 7) is 1.76. The molecule has 114 valence electrons. The van der Waals surface area contributed by atoms with Crippen molar-refractivity contribution in [2.45, 2.75) is 32.6 Å². The van der Waals surface area contributed by atoms with Gasteiger partial charge in [-0.1, -0.05) is 12.8 Å². The first-order valence-electron chi connectivity index (χ1n) is 6.89. The molecular weight excluding hydrogens is 341 g/mol. The first-order valence-corrected chi connectivity index (χ1v) is 7.68. The van der Waals surface area contributed by atoms with Crippen LogP contribution in [0.5, 0.6) is 0 Å². The second-order valence-electron chi connectivity index (χ2n) is 5.41. The summed E-state index contributed by atoms with van der Waals surface area (Å²) in [6, 6.07) is 2.83. The van der Waals surface area contributed by atoms with E-state index in [9.17, 15) is 19.1 Å². The van der Waals surface area contributed by atoms with Gasteiger partial charge in [0.1, 0.15) is 5.82 Å². The second-order valence-corrected chi connectivity index (χ2v) is 6.26. The highest BCUT2D eigenvalue weighted by molar-refractivity contribution is 9.10. The molecule has 1 saturated carbocycles. The van der Waals surface area contributed by atoms with E-state index in [-0.39, 0.29) is 5.91 Å². The Bertz CT molecular complexity index is 576. The summed E-state index contributed by atoms with van der Waals surface area (Å²) in [4.78, 5) is 23.6. The van der Waals surface area contributed by atoms with Gasteiger partial charge in [-0.2, -0.15) is 0 Å². The lowest BCUT2D eigenvalue weighted by Gasteiger charge is -2.27. The normalized spacial score (nSPS) is 21.9. The number of hydrogen-bond acceptors (Lipinski definition) is 2. The lowest BCUT2D eigenvalue weighted by atomic mass is 9.78. The summed E-state index contributed by atoms with van der Waals surface area (Å²) in [6.07, 6.45) is 2.74. The van der Waals surface area contributed by atoms with Gasteiger partial charge in [0, 0.05) is 5.69 Å². The molecule has 1 amide bonds. The zero-order valence-corrected chi connectivity index (χ0v) is 13.2. The molecule has 6 heteroatoms. The molecule has 21 heavy (non-hydrogen) atoms. The predicted molar refractivity (Wildman–Crippen MR) is 80.6 cm³/mol. The highest BCUT2D eigenvalue weighted by Gasteiger charge is 2.35. The van der Waals surface area contributed by atoms with E-state index in [2.05, 4.69) is 21.2 Å². The van der Waals surface area contributed by atoms with Gasteiger partial charge in [-0.25, -0.2) is 4.39 Å². The minimum Gasteiger partial charge on any atom is -0.481 e. The first-order chi connectivity index (χ1) is 9.90. The maximum atomic E-state index is 13.6. The molecule has 0 saturated heterocycles. The van der Waals surface area contributed by atoms with Crippen molar-refractivity contribution in [1.29, 1.82) is 0 Å². The monoisotopic (exact) mass is 357 g/mol. The maximum Gasteiger partial charge on any atom is 0.307 e. The molecule has 2 rings (SSSR count). The minimum atomic E-state index is -0.937.